The summed E-state index contributed by atoms with van der Waals surface area (Å²) < 4.78 is 16.1. The van der Waals surface area contributed by atoms with Gasteiger partial charge < -0.3 is 24.2 Å². The zero-order valence-corrected chi connectivity index (χ0v) is 21.0. The van der Waals surface area contributed by atoms with Crippen molar-refractivity contribution in [3.8, 4) is 17.2 Å². The Bertz CT molecular complexity index is 1340. The molecule has 0 spiro atoms. The number of nitrogens with zero attached hydrogens (tertiary/aromatic N) is 1. The summed E-state index contributed by atoms with van der Waals surface area (Å²) in [5.74, 6) is 0.0224. The van der Waals surface area contributed by atoms with E-state index in [4.69, 9.17) is 14.2 Å². The Morgan fingerprint density at radius 1 is 0.833 bits per heavy atom. The molecule has 3 aromatic rings. The van der Waals surface area contributed by atoms with Gasteiger partial charge in [0.2, 0.25) is 0 Å². The van der Waals surface area contributed by atoms with Gasteiger partial charge in [-0.15, -0.1) is 0 Å². The van der Waals surface area contributed by atoms with Crippen LogP contribution in [0.1, 0.15) is 33.9 Å². The molecule has 3 aromatic carbocycles. The third-order valence-corrected chi connectivity index (χ3v) is 6.56. The van der Waals surface area contributed by atoms with Gasteiger partial charge in [0, 0.05) is 12.1 Å². The average Bonchev–Trinajstić information content (AvgIpc) is 3.14. The zero-order valence-electron chi connectivity index (χ0n) is 21.0. The van der Waals surface area contributed by atoms with Gasteiger partial charge in [-0.2, -0.15) is 0 Å². The lowest BCUT2D eigenvalue weighted by atomic mass is 9.94. The fraction of sp³-hybridized carbons (Fsp3) is 0.241. The van der Waals surface area contributed by atoms with Crippen LogP contribution in [0.15, 0.2) is 66.2 Å². The quantitative estimate of drug-likeness (QED) is 0.288. The lowest BCUT2D eigenvalue weighted by Crippen LogP contribution is -2.29. The Hall–Kier alpha value is -4.26. The second kappa shape index (κ2) is 10.2. The highest BCUT2D eigenvalue weighted by Crippen LogP contribution is 2.42. The molecule has 0 aromatic heterocycles. The molecule has 1 unspecified atom stereocenters. The van der Waals surface area contributed by atoms with Gasteiger partial charge in [0.25, 0.3) is 11.7 Å². The smallest absolute Gasteiger partial charge is 0.295 e. The van der Waals surface area contributed by atoms with Crippen molar-refractivity contribution in [1.29, 1.82) is 0 Å². The highest BCUT2D eigenvalue weighted by molar-refractivity contribution is 6.46. The fourth-order valence-electron chi connectivity index (χ4n) is 4.38. The van der Waals surface area contributed by atoms with Crippen LogP contribution in [-0.4, -0.2) is 43.0 Å². The molecule has 1 saturated heterocycles. The first kappa shape index (κ1) is 24.9. The van der Waals surface area contributed by atoms with Crippen molar-refractivity contribution in [1.82, 2.24) is 4.90 Å². The molecule has 0 radical (unpaired) electrons. The van der Waals surface area contributed by atoms with Crippen molar-refractivity contribution in [2.75, 3.05) is 21.3 Å². The van der Waals surface area contributed by atoms with Crippen LogP contribution in [0.25, 0.3) is 5.76 Å². The van der Waals surface area contributed by atoms with Crippen LogP contribution in [0.2, 0.25) is 0 Å². The standard InChI is InChI=1S/C29H29NO6/c1-17-6-9-21(14-18(17)2)27(31)25-26(20-10-13-23(35-4)24(15-20)36-5)30(29(33)28(25)32)16-19-7-11-22(34-3)12-8-19/h6-15,26,31H,16H2,1-5H3/b27-25-. The third kappa shape index (κ3) is 4.52. The second-order valence-corrected chi connectivity index (χ2v) is 8.69. The first-order valence-corrected chi connectivity index (χ1v) is 11.5. The Balaban J connectivity index is 1.88. The summed E-state index contributed by atoms with van der Waals surface area (Å²) in [7, 11) is 4.63. The summed E-state index contributed by atoms with van der Waals surface area (Å²) in [5, 5.41) is 11.3. The topological polar surface area (TPSA) is 85.3 Å². The number of aliphatic hydroxyl groups excluding tert-OH is 1. The highest BCUT2D eigenvalue weighted by atomic mass is 16.5. The van der Waals surface area contributed by atoms with E-state index in [1.165, 1.54) is 19.1 Å². The molecular weight excluding hydrogens is 458 g/mol. The summed E-state index contributed by atoms with van der Waals surface area (Å²) in [6.45, 7) is 4.06. The van der Waals surface area contributed by atoms with E-state index in [9.17, 15) is 14.7 Å². The number of amides is 1. The number of benzene rings is 3. The van der Waals surface area contributed by atoms with Gasteiger partial charge in [0.05, 0.1) is 32.9 Å². The van der Waals surface area contributed by atoms with Gasteiger partial charge in [-0.25, -0.2) is 0 Å². The summed E-state index contributed by atoms with van der Waals surface area (Å²) in [6, 6.07) is 17.1. The molecule has 0 saturated carbocycles. The van der Waals surface area contributed by atoms with E-state index in [2.05, 4.69) is 0 Å². The first-order valence-electron chi connectivity index (χ1n) is 11.5. The van der Waals surface area contributed by atoms with Crippen molar-refractivity contribution in [2.24, 2.45) is 0 Å². The van der Waals surface area contributed by atoms with Crippen molar-refractivity contribution in [2.45, 2.75) is 26.4 Å². The second-order valence-electron chi connectivity index (χ2n) is 8.69. The molecule has 4 rings (SSSR count). The number of hydrogen-bond acceptors (Lipinski definition) is 6. The fourth-order valence-corrected chi connectivity index (χ4v) is 4.38. The molecule has 36 heavy (non-hydrogen) atoms. The normalized spacial score (nSPS) is 16.8. The van der Waals surface area contributed by atoms with E-state index in [1.54, 1.807) is 43.5 Å². The predicted molar refractivity (Wildman–Crippen MR) is 136 cm³/mol. The molecule has 7 nitrogen and oxygen atoms in total. The largest absolute Gasteiger partial charge is 0.507 e. The number of Topliss-reactive ketones (excluding diaryl/α,β-unsaturated/α-hetero) is 1. The van der Waals surface area contributed by atoms with Crippen LogP contribution >= 0.6 is 0 Å². The van der Waals surface area contributed by atoms with Gasteiger partial charge in [-0.1, -0.05) is 30.3 Å². The monoisotopic (exact) mass is 487 g/mol. The third-order valence-electron chi connectivity index (χ3n) is 6.56. The van der Waals surface area contributed by atoms with E-state index >= 15 is 0 Å². The maximum Gasteiger partial charge on any atom is 0.295 e. The molecule has 1 aliphatic rings. The molecule has 1 atom stereocenters. The van der Waals surface area contributed by atoms with Crippen molar-refractivity contribution in [3.63, 3.8) is 0 Å². The molecule has 186 valence electrons. The van der Waals surface area contributed by atoms with Crippen LogP contribution in [-0.2, 0) is 16.1 Å². The summed E-state index contributed by atoms with van der Waals surface area (Å²) in [4.78, 5) is 28.1. The number of aryl methyl sites for hydroxylation is 2. The minimum absolute atomic E-state index is 0.0315. The molecule has 1 N–H and O–H groups in total. The molecule has 0 aliphatic carbocycles. The maximum atomic E-state index is 13.3. The summed E-state index contributed by atoms with van der Waals surface area (Å²) >= 11 is 0. The maximum absolute atomic E-state index is 13.3. The van der Waals surface area contributed by atoms with Crippen LogP contribution in [0.3, 0.4) is 0 Å². The average molecular weight is 488 g/mol. The van der Waals surface area contributed by atoms with Gasteiger partial charge in [-0.3, -0.25) is 9.59 Å². The highest BCUT2D eigenvalue weighted by Gasteiger charge is 2.46. The van der Waals surface area contributed by atoms with Gasteiger partial charge >= 0.3 is 0 Å². The number of aliphatic hydroxyl groups is 1. The Morgan fingerprint density at radius 2 is 1.53 bits per heavy atom. The van der Waals surface area contributed by atoms with Gasteiger partial charge in [-0.05, 0) is 66.4 Å². The molecule has 7 heteroatoms. The Labute approximate surface area is 210 Å². The van der Waals surface area contributed by atoms with Gasteiger partial charge in [0.15, 0.2) is 11.5 Å². The SMILES string of the molecule is COc1ccc(CN2C(=O)C(=O)/C(=C(\O)c3ccc(C)c(C)c3)C2c2ccc(OC)c(OC)c2)cc1. The van der Waals surface area contributed by atoms with Crippen LogP contribution in [0.5, 0.6) is 17.2 Å². The first-order chi connectivity index (χ1) is 17.3. The van der Waals surface area contributed by atoms with E-state index in [-0.39, 0.29) is 17.9 Å². The minimum Gasteiger partial charge on any atom is -0.507 e. The van der Waals surface area contributed by atoms with E-state index in [1.807, 2.05) is 38.1 Å². The van der Waals surface area contributed by atoms with Crippen LogP contribution < -0.4 is 14.2 Å². The number of hydrogen-bond donors (Lipinski definition) is 1. The molecule has 1 amide bonds. The minimum atomic E-state index is -0.825. The molecule has 1 aliphatic heterocycles. The number of ketones is 1. The Morgan fingerprint density at radius 3 is 2.14 bits per heavy atom. The summed E-state index contributed by atoms with van der Waals surface area (Å²) in [6.07, 6.45) is 0. The molecule has 0 bridgehead atoms. The van der Waals surface area contributed by atoms with Gasteiger partial charge in [0.1, 0.15) is 11.5 Å². The number of carbonyl (C=O) groups is 2. The number of likely N-dealkylation sites (tertiary alicyclic amines) is 1. The number of methoxy groups -OCH3 is 3. The van der Waals surface area contributed by atoms with Crippen molar-refractivity contribution in [3.05, 3.63) is 94.1 Å². The molecule has 1 heterocycles. The van der Waals surface area contributed by atoms with Crippen molar-refractivity contribution >= 4 is 17.4 Å². The lowest BCUT2D eigenvalue weighted by Gasteiger charge is -2.26. The van der Waals surface area contributed by atoms with E-state index in [0.29, 0.717) is 28.4 Å². The number of carbonyl (C=O) groups excluding carboxylic acids is 2. The lowest BCUT2D eigenvalue weighted by molar-refractivity contribution is -0.140. The van der Waals surface area contributed by atoms with Crippen molar-refractivity contribution < 1.29 is 28.9 Å². The Kier molecular flexibility index (Phi) is 7.01. The molecule has 1 fully saturated rings. The predicted octanol–water partition coefficient (Wildman–Crippen LogP) is 4.95. The number of rotatable bonds is 7. The van der Waals surface area contributed by atoms with Crippen LogP contribution in [0.4, 0.5) is 0 Å². The summed E-state index contributed by atoms with van der Waals surface area (Å²) in [5.41, 5.74) is 3.97. The van der Waals surface area contributed by atoms with Crippen LogP contribution in [0, 0.1) is 13.8 Å². The number of ether oxygens (including phenoxy) is 3. The van der Waals surface area contributed by atoms with E-state index < -0.39 is 17.7 Å². The zero-order chi connectivity index (χ0) is 26.0. The van der Waals surface area contributed by atoms with E-state index in [0.717, 1.165) is 16.7 Å². The molecular formula is C29H29NO6.